The quantitative estimate of drug-likeness (QED) is 0.708. The van der Waals surface area contributed by atoms with Crippen LogP contribution in [-0.2, 0) is 0 Å². The molecule has 2 aliphatic rings. The van der Waals surface area contributed by atoms with Crippen LogP contribution in [0, 0.1) is 0 Å². The van der Waals surface area contributed by atoms with E-state index in [1.54, 1.807) is 12.3 Å². The predicted molar refractivity (Wildman–Crippen MR) is 106 cm³/mol. The summed E-state index contributed by atoms with van der Waals surface area (Å²) in [5.74, 6) is 3.45. The fraction of sp³-hybridized carbons (Fsp3) is 0.350. The van der Waals surface area contributed by atoms with Crippen molar-refractivity contribution in [2.75, 3.05) is 36.4 Å². The van der Waals surface area contributed by atoms with Crippen LogP contribution in [0.5, 0.6) is 0 Å². The van der Waals surface area contributed by atoms with Gasteiger partial charge in [-0.15, -0.1) is 0 Å². The number of piperazine rings is 1. The SMILES string of the molecule is O=C(c1cc(C2CC2)on1)N1CCN(c2cc(Nc3ccccn3)ncn2)CC1. The zero-order valence-electron chi connectivity index (χ0n) is 15.9. The molecule has 0 aromatic carbocycles. The average molecular weight is 391 g/mol. The highest BCUT2D eigenvalue weighted by atomic mass is 16.5. The van der Waals surface area contributed by atoms with E-state index in [1.807, 2.05) is 29.2 Å². The molecule has 1 saturated carbocycles. The Morgan fingerprint density at radius 2 is 1.90 bits per heavy atom. The van der Waals surface area contributed by atoms with Crippen LogP contribution in [0.25, 0.3) is 0 Å². The monoisotopic (exact) mass is 391 g/mol. The highest BCUT2D eigenvalue weighted by Gasteiger charge is 2.30. The molecule has 0 unspecified atom stereocenters. The summed E-state index contributed by atoms with van der Waals surface area (Å²) in [7, 11) is 0. The first-order valence-electron chi connectivity index (χ1n) is 9.77. The molecule has 1 saturated heterocycles. The van der Waals surface area contributed by atoms with Gasteiger partial charge >= 0.3 is 0 Å². The fourth-order valence-electron chi connectivity index (χ4n) is 3.41. The number of aromatic nitrogens is 4. The van der Waals surface area contributed by atoms with Gasteiger partial charge in [0.25, 0.3) is 5.91 Å². The van der Waals surface area contributed by atoms with Crippen LogP contribution < -0.4 is 10.2 Å². The summed E-state index contributed by atoms with van der Waals surface area (Å²) in [6, 6.07) is 9.35. The number of nitrogens with one attached hydrogen (secondary N) is 1. The number of hydrogen-bond donors (Lipinski definition) is 1. The van der Waals surface area contributed by atoms with Crippen molar-refractivity contribution in [3.8, 4) is 0 Å². The summed E-state index contributed by atoms with van der Waals surface area (Å²) in [5.41, 5.74) is 0.407. The molecule has 4 heterocycles. The van der Waals surface area contributed by atoms with Crippen LogP contribution >= 0.6 is 0 Å². The Morgan fingerprint density at radius 1 is 1.03 bits per heavy atom. The molecule has 9 heteroatoms. The maximum Gasteiger partial charge on any atom is 0.276 e. The molecule has 9 nitrogen and oxygen atoms in total. The fourth-order valence-corrected chi connectivity index (χ4v) is 3.41. The summed E-state index contributed by atoms with van der Waals surface area (Å²) in [6.07, 6.45) is 5.51. The van der Waals surface area contributed by atoms with Crippen LogP contribution in [0.2, 0.25) is 0 Å². The first kappa shape index (κ1) is 17.6. The van der Waals surface area contributed by atoms with E-state index in [1.165, 1.54) is 6.33 Å². The Kier molecular flexibility index (Phi) is 4.55. The lowest BCUT2D eigenvalue weighted by atomic mass is 10.2. The molecule has 1 N–H and O–H groups in total. The van der Waals surface area contributed by atoms with Gasteiger partial charge in [-0.05, 0) is 25.0 Å². The van der Waals surface area contributed by atoms with Crippen LogP contribution in [0.3, 0.4) is 0 Å². The lowest BCUT2D eigenvalue weighted by Crippen LogP contribution is -2.49. The van der Waals surface area contributed by atoms with Crippen molar-refractivity contribution in [3.63, 3.8) is 0 Å². The molecule has 3 aromatic rings. The molecule has 148 valence electrons. The average Bonchev–Trinajstić information content (AvgIpc) is 3.51. The molecule has 2 fully saturated rings. The van der Waals surface area contributed by atoms with Gasteiger partial charge in [-0.1, -0.05) is 11.2 Å². The molecule has 1 aliphatic heterocycles. The van der Waals surface area contributed by atoms with Gasteiger partial charge in [-0.25, -0.2) is 15.0 Å². The summed E-state index contributed by atoms with van der Waals surface area (Å²) >= 11 is 0. The Hall–Kier alpha value is -3.49. The molecule has 0 atom stereocenters. The maximum atomic E-state index is 12.7. The van der Waals surface area contributed by atoms with Gasteiger partial charge in [-0.3, -0.25) is 4.79 Å². The van der Waals surface area contributed by atoms with Crippen LogP contribution in [0.4, 0.5) is 17.5 Å². The molecular formula is C20H21N7O2. The summed E-state index contributed by atoms with van der Waals surface area (Å²) < 4.78 is 5.32. The van der Waals surface area contributed by atoms with E-state index in [-0.39, 0.29) is 5.91 Å². The highest BCUT2D eigenvalue weighted by Crippen LogP contribution is 2.40. The largest absolute Gasteiger partial charge is 0.360 e. The number of anilines is 3. The molecule has 5 rings (SSSR count). The van der Waals surface area contributed by atoms with Crippen molar-refractivity contribution in [3.05, 3.63) is 54.3 Å². The molecule has 1 amide bonds. The van der Waals surface area contributed by atoms with Crippen LogP contribution in [0.15, 0.2) is 47.4 Å². The van der Waals surface area contributed by atoms with E-state index in [0.29, 0.717) is 43.6 Å². The second-order valence-corrected chi connectivity index (χ2v) is 7.27. The Morgan fingerprint density at radius 3 is 2.66 bits per heavy atom. The van der Waals surface area contributed by atoms with Crippen molar-refractivity contribution >= 4 is 23.4 Å². The Balaban J connectivity index is 1.21. The molecule has 3 aromatic heterocycles. The molecule has 0 radical (unpaired) electrons. The van der Waals surface area contributed by atoms with E-state index in [9.17, 15) is 4.79 Å². The van der Waals surface area contributed by atoms with E-state index >= 15 is 0 Å². The van der Waals surface area contributed by atoms with Crippen molar-refractivity contribution in [2.24, 2.45) is 0 Å². The third-order valence-electron chi connectivity index (χ3n) is 5.19. The first-order chi connectivity index (χ1) is 14.3. The van der Waals surface area contributed by atoms with Gasteiger partial charge in [-0.2, -0.15) is 0 Å². The van der Waals surface area contributed by atoms with Gasteiger partial charge in [0.15, 0.2) is 5.69 Å². The van der Waals surface area contributed by atoms with E-state index in [4.69, 9.17) is 4.52 Å². The minimum absolute atomic E-state index is 0.0690. The van der Waals surface area contributed by atoms with Crippen molar-refractivity contribution in [2.45, 2.75) is 18.8 Å². The number of nitrogens with zero attached hydrogens (tertiary/aromatic N) is 6. The summed E-state index contributed by atoms with van der Waals surface area (Å²) in [4.78, 5) is 29.6. The normalized spacial score (nSPS) is 16.7. The minimum atomic E-state index is -0.0690. The number of pyridine rings is 1. The lowest BCUT2D eigenvalue weighted by Gasteiger charge is -2.35. The third-order valence-corrected chi connectivity index (χ3v) is 5.19. The number of carbonyl (C=O) groups excluding carboxylic acids is 1. The van der Waals surface area contributed by atoms with Gasteiger partial charge < -0.3 is 19.6 Å². The number of amides is 1. The standard InChI is InChI=1S/C20H21N7O2/c28-20(15-11-16(29-25-15)14-4-5-14)27-9-7-26(8-10-27)19-12-18(22-13-23-19)24-17-3-1-2-6-21-17/h1-3,6,11-14H,4-5,7-10H2,(H,21,22,23,24). The smallest absolute Gasteiger partial charge is 0.276 e. The van der Waals surface area contributed by atoms with Gasteiger partial charge in [0.2, 0.25) is 0 Å². The molecular weight excluding hydrogens is 370 g/mol. The first-order valence-corrected chi connectivity index (χ1v) is 9.77. The zero-order valence-corrected chi connectivity index (χ0v) is 15.9. The molecule has 29 heavy (non-hydrogen) atoms. The van der Waals surface area contributed by atoms with Gasteiger partial charge in [0.05, 0.1) is 0 Å². The molecule has 0 spiro atoms. The predicted octanol–water partition coefficient (Wildman–Crippen LogP) is 2.44. The molecule has 1 aliphatic carbocycles. The Bertz CT molecular complexity index is 995. The van der Waals surface area contributed by atoms with Gasteiger partial charge in [0.1, 0.15) is 29.5 Å². The lowest BCUT2D eigenvalue weighted by molar-refractivity contribution is 0.0736. The van der Waals surface area contributed by atoms with Crippen molar-refractivity contribution in [1.29, 1.82) is 0 Å². The summed E-state index contributed by atoms with van der Waals surface area (Å²) in [5, 5.41) is 7.14. The second kappa shape index (κ2) is 7.50. The maximum absolute atomic E-state index is 12.7. The van der Waals surface area contributed by atoms with E-state index < -0.39 is 0 Å². The van der Waals surface area contributed by atoms with E-state index in [2.05, 4.69) is 30.3 Å². The zero-order chi connectivity index (χ0) is 19.6. The molecule has 0 bridgehead atoms. The minimum Gasteiger partial charge on any atom is -0.360 e. The third kappa shape index (κ3) is 3.89. The van der Waals surface area contributed by atoms with Crippen molar-refractivity contribution in [1.82, 2.24) is 25.0 Å². The van der Waals surface area contributed by atoms with Crippen LogP contribution in [0.1, 0.15) is 35.0 Å². The van der Waals surface area contributed by atoms with Crippen molar-refractivity contribution < 1.29 is 9.32 Å². The number of rotatable bonds is 5. The summed E-state index contributed by atoms with van der Waals surface area (Å²) in [6.45, 7) is 2.60. The second-order valence-electron chi connectivity index (χ2n) is 7.27. The topological polar surface area (TPSA) is 100 Å². The van der Waals surface area contributed by atoms with Gasteiger partial charge in [0, 0.05) is 50.4 Å². The number of hydrogen-bond acceptors (Lipinski definition) is 8. The van der Waals surface area contributed by atoms with Crippen LogP contribution in [-0.4, -0.2) is 57.1 Å². The number of carbonyl (C=O) groups is 1. The van der Waals surface area contributed by atoms with E-state index in [0.717, 1.165) is 30.2 Å². The Labute approximate surface area is 167 Å². The highest BCUT2D eigenvalue weighted by molar-refractivity contribution is 5.92.